The second-order valence-electron chi connectivity index (χ2n) is 6.84. The van der Waals surface area contributed by atoms with Crippen LogP contribution in [-0.2, 0) is 4.74 Å². The number of nitrogens with zero attached hydrogens (tertiary/aromatic N) is 1. The molecular formula is C12H17B8NO. The number of ether oxygens (including phenoxy) is 1. The van der Waals surface area contributed by atoms with Gasteiger partial charge in [-0.05, 0) is 39.7 Å². The topological polar surface area (TPSA) is 12.5 Å². The normalized spacial score (nSPS) is 28.7. The summed E-state index contributed by atoms with van der Waals surface area (Å²) in [6, 6.07) is 0. The van der Waals surface area contributed by atoms with Crippen molar-refractivity contribution in [2.24, 2.45) is 5.41 Å². The summed E-state index contributed by atoms with van der Waals surface area (Å²) in [5, 5.41) is -7.77. The van der Waals surface area contributed by atoms with Crippen LogP contribution in [0.1, 0.15) is 40.0 Å². The van der Waals surface area contributed by atoms with Gasteiger partial charge in [0.1, 0.15) is 0 Å². The number of morpholine rings is 1. The van der Waals surface area contributed by atoms with Gasteiger partial charge < -0.3 is 9.64 Å². The van der Waals surface area contributed by atoms with E-state index >= 15 is 0 Å². The van der Waals surface area contributed by atoms with Crippen molar-refractivity contribution in [2.75, 3.05) is 6.54 Å². The lowest BCUT2D eigenvalue weighted by Gasteiger charge is -2.71. The molecule has 0 aromatic heterocycles. The Morgan fingerprint density at radius 3 is 1.59 bits per heavy atom. The van der Waals surface area contributed by atoms with Crippen molar-refractivity contribution in [1.29, 1.82) is 0 Å². The third-order valence-electron chi connectivity index (χ3n) is 4.73. The Morgan fingerprint density at radius 1 is 0.864 bits per heavy atom. The minimum atomic E-state index is -2.03. The summed E-state index contributed by atoms with van der Waals surface area (Å²) < 4.78 is 5.20. The maximum absolute atomic E-state index is 6.11. The summed E-state index contributed by atoms with van der Waals surface area (Å²) in [4.78, 5) is 1.35. The lowest BCUT2D eigenvalue weighted by molar-refractivity contribution is -0.122. The van der Waals surface area contributed by atoms with Gasteiger partial charge in [0.2, 0.25) is 0 Å². The van der Waals surface area contributed by atoms with Crippen molar-refractivity contribution in [3.8, 4) is 0 Å². The largest absolute Gasteiger partial charge is 0.406 e. The van der Waals surface area contributed by atoms with E-state index in [0.29, 0.717) is 6.54 Å². The molecule has 0 amide bonds. The summed E-state index contributed by atoms with van der Waals surface area (Å²) in [6.07, 6.45) is 2.71. The first-order valence-electron chi connectivity index (χ1n) is 7.46. The Bertz CT molecular complexity index is 388. The SMILES string of the molecule is [B]C1([B])OC([B])([B])C([B])([B])N(CC(C)(CC)CCC)C1([B])[B]. The van der Waals surface area contributed by atoms with Crippen LogP contribution in [0.5, 0.6) is 0 Å². The Hall–Kier alpha value is 0.439. The van der Waals surface area contributed by atoms with Crippen molar-refractivity contribution in [3.63, 3.8) is 0 Å². The minimum absolute atomic E-state index is 0.174. The highest BCUT2D eigenvalue weighted by atomic mass is 16.5. The first kappa shape index (κ1) is 20.5. The van der Waals surface area contributed by atoms with Crippen LogP contribution in [0.15, 0.2) is 0 Å². The number of hydrogen-bond acceptors (Lipinski definition) is 2. The van der Waals surface area contributed by atoms with Gasteiger partial charge >= 0.3 is 0 Å². The molecule has 22 heavy (non-hydrogen) atoms. The van der Waals surface area contributed by atoms with Gasteiger partial charge in [0.05, 0.1) is 62.8 Å². The molecule has 10 heteroatoms. The zero-order chi connectivity index (χ0) is 17.6. The molecule has 1 fully saturated rings. The quantitative estimate of drug-likeness (QED) is 0.567. The Morgan fingerprint density at radius 2 is 1.27 bits per heavy atom. The summed E-state index contributed by atoms with van der Waals surface area (Å²) in [7, 11) is 47.9. The van der Waals surface area contributed by atoms with Crippen molar-refractivity contribution >= 4 is 62.8 Å². The molecule has 100 valence electrons. The van der Waals surface area contributed by atoms with Crippen LogP contribution in [0, 0.1) is 5.41 Å². The molecule has 1 unspecified atom stereocenters. The average molecular weight is 278 g/mol. The molecule has 1 aliphatic heterocycles. The maximum Gasteiger partial charge on any atom is 0.0996 e. The van der Waals surface area contributed by atoms with E-state index in [0.717, 1.165) is 19.3 Å². The molecule has 1 atom stereocenters. The summed E-state index contributed by atoms with van der Waals surface area (Å²) in [6.45, 7) is 6.51. The predicted molar refractivity (Wildman–Crippen MR) is 98.1 cm³/mol. The van der Waals surface area contributed by atoms with Gasteiger partial charge in [-0.3, -0.25) is 0 Å². The van der Waals surface area contributed by atoms with Crippen LogP contribution >= 0.6 is 0 Å². The first-order valence-corrected chi connectivity index (χ1v) is 7.46. The van der Waals surface area contributed by atoms with E-state index in [1.165, 1.54) is 4.90 Å². The van der Waals surface area contributed by atoms with Crippen molar-refractivity contribution in [2.45, 2.75) is 61.5 Å². The Labute approximate surface area is 146 Å². The predicted octanol–water partition coefficient (Wildman–Crippen LogP) is -1.50. The molecule has 0 saturated carbocycles. The highest BCUT2D eigenvalue weighted by Crippen LogP contribution is 2.42. The van der Waals surface area contributed by atoms with Gasteiger partial charge in [-0.2, -0.15) is 0 Å². The van der Waals surface area contributed by atoms with Crippen molar-refractivity contribution in [1.82, 2.24) is 4.90 Å². The fourth-order valence-corrected chi connectivity index (χ4v) is 2.79. The molecule has 0 aliphatic carbocycles. The zero-order valence-corrected chi connectivity index (χ0v) is 13.8. The second-order valence-corrected chi connectivity index (χ2v) is 6.84. The van der Waals surface area contributed by atoms with Crippen LogP contribution in [0.4, 0.5) is 0 Å². The summed E-state index contributed by atoms with van der Waals surface area (Å²) in [5.41, 5.74) is -0.174. The van der Waals surface area contributed by atoms with Crippen LogP contribution in [0.25, 0.3) is 0 Å². The van der Waals surface area contributed by atoms with Gasteiger partial charge in [0, 0.05) is 6.54 Å². The van der Waals surface area contributed by atoms with E-state index in [4.69, 9.17) is 67.5 Å². The zero-order valence-electron chi connectivity index (χ0n) is 13.8. The van der Waals surface area contributed by atoms with E-state index in [2.05, 4.69) is 20.8 Å². The van der Waals surface area contributed by atoms with E-state index < -0.39 is 21.5 Å². The number of rotatable bonds is 5. The standard InChI is InChI=1S/C12H17B8NO/c1-4-6-8(3,5-2)7-21-9(13,14)11(17,18)22-12(19,20)10(21,15)16/h4-7H2,1-3H3. The molecule has 1 rings (SSSR count). The Kier molecular flexibility index (Phi) is 5.64. The van der Waals surface area contributed by atoms with E-state index in [1.807, 2.05) is 0 Å². The fraction of sp³-hybridized carbons (Fsp3) is 1.00. The minimum Gasteiger partial charge on any atom is -0.406 e. The van der Waals surface area contributed by atoms with Gasteiger partial charge in [0.15, 0.2) is 0 Å². The highest BCUT2D eigenvalue weighted by molar-refractivity contribution is 6.59. The van der Waals surface area contributed by atoms with Crippen LogP contribution in [0.3, 0.4) is 0 Å². The van der Waals surface area contributed by atoms with E-state index in [9.17, 15) is 0 Å². The third kappa shape index (κ3) is 3.29. The van der Waals surface area contributed by atoms with Gasteiger partial charge in [0.25, 0.3) is 0 Å². The molecule has 16 radical (unpaired) electrons. The molecule has 0 spiro atoms. The van der Waals surface area contributed by atoms with Crippen LogP contribution < -0.4 is 0 Å². The molecule has 0 aromatic carbocycles. The third-order valence-corrected chi connectivity index (χ3v) is 4.73. The average Bonchev–Trinajstić information content (AvgIpc) is 2.33. The molecule has 0 aromatic rings. The van der Waals surface area contributed by atoms with Gasteiger partial charge in [-0.15, -0.1) is 0 Å². The highest BCUT2D eigenvalue weighted by Gasteiger charge is 2.57. The molecule has 0 N–H and O–H groups in total. The second kappa shape index (κ2) is 6.06. The first-order chi connectivity index (χ1) is 9.67. The van der Waals surface area contributed by atoms with Crippen LogP contribution in [0.2, 0.25) is 0 Å². The monoisotopic (exact) mass is 279 g/mol. The van der Waals surface area contributed by atoms with E-state index in [1.54, 1.807) is 0 Å². The van der Waals surface area contributed by atoms with Crippen LogP contribution in [-0.4, -0.2) is 95.7 Å². The lowest BCUT2D eigenvalue weighted by Crippen LogP contribution is -2.86. The number of hydrogen-bond donors (Lipinski definition) is 0. The molecular weight excluding hydrogens is 261 g/mol. The van der Waals surface area contributed by atoms with Gasteiger partial charge in [-0.25, -0.2) is 0 Å². The summed E-state index contributed by atoms with van der Waals surface area (Å²) in [5.74, 6) is 0. The van der Waals surface area contributed by atoms with Gasteiger partial charge in [-0.1, -0.05) is 27.2 Å². The molecule has 1 saturated heterocycles. The molecule has 1 heterocycles. The molecule has 0 bridgehead atoms. The maximum atomic E-state index is 6.11. The van der Waals surface area contributed by atoms with E-state index in [-0.39, 0.29) is 5.41 Å². The van der Waals surface area contributed by atoms with Crippen molar-refractivity contribution < 1.29 is 4.74 Å². The smallest absolute Gasteiger partial charge is 0.0996 e. The summed E-state index contributed by atoms with van der Waals surface area (Å²) >= 11 is 0. The fourth-order valence-electron chi connectivity index (χ4n) is 2.79. The molecule has 1 aliphatic rings. The van der Waals surface area contributed by atoms with Crippen molar-refractivity contribution in [3.05, 3.63) is 0 Å². The Balaban J connectivity index is 3.31. The lowest BCUT2D eigenvalue weighted by atomic mass is 9.30. The molecule has 2 nitrogen and oxygen atoms in total.